The molecule has 1 fully saturated rings. The largest absolute Gasteiger partial charge is 0.416 e. The third-order valence-electron chi connectivity index (χ3n) is 4.05. The van der Waals surface area contributed by atoms with E-state index in [2.05, 4.69) is 15.2 Å². The van der Waals surface area contributed by atoms with Gasteiger partial charge >= 0.3 is 0 Å². The fourth-order valence-corrected chi connectivity index (χ4v) is 4.32. The zero-order valence-corrected chi connectivity index (χ0v) is 15.0. The van der Waals surface area contributed by atoms with Gasteiger partial charge in [0.15, 0.2) is 11.7 Å². The van der Waals surface area contributed by atoms with Crippen molar-refractivity contribution in [3.05, 3.63) is 22.0 Å². The molecular weight excluding hydrogens is 344 g/mol. The molecular formula is C16H18N4O2S2. The van der Waals surface area contributed by atoms with Gasteiger partial charge in [0.25, 0.3) is 5.22 Å². The van der Waals surface area contributed by atoms with E-state index >= 15 is 0 Å². The van der Waals surface area contributed by atoms with Gasteiger partial charge in [-0.1, -0.05) is 31.0 Å². The van der Waals surface area contributed by atoms with Crippen molar-refractivity contribution in [1.82, 2.24) is 15.2 Å². The Balaban J connectivity index is 1.58. The summed E-state index contributed by atoms with van der Waals surface area (Å²) in [7, 11) is 0. The molecule has 1 aliphatic rings. The summed E-state index contributed by atoms with van der Waals surface area (Å²) in [5, 5.41) is 20.2. The van der Waals surface area contributed by atoms with Crippen LogP contribution in [0.3, 0.4) is 0 Å². The molecule has 0 bridgehead atoms. The normalized spacial score (nSPS) is 16.7. The van der Waals surface area contributed by atoms with Gasteiger partial charge in [0, 0.05) is 17.0 Å². The predicted octanol–water partition coefficient (Wildman–Crippen LogP) is 3.85. The monoisotopic (exact) mass is 362 g/mol. The second-order valence-electron chi connectivity index (χ2n) is 5.89. The summed E-state index contributed by atoms with van der Waals surface area (Å²) >= 11 is 2.53. The highest BCUT2D eigenvalue weighted by Gasteiger charge is 2.25. The maximum atomic E-state index is 12.3. The first-order valence-corrected chi connectivity index (χ1v) is 9.84. The van der Waals surface area contributed by atoms with Gasteiger partial charge in [-0.05, 0) is 19.8 Å². The van der Waals surface area contributed by atoms with Gasteiger partial charge in [-0.3, -0.25) is 4.79 Å². The van der Waals surface area contributed by atoms with E-state index in [9.17, 15) is 10.1 Å². The Hall–Kier alpha value is -1.72. The minimum absolute atomic E-state index is 0.128. The summed E-state index contributed by atoms with van der Waals surface area (Å²) in [6.07, 6.45) is 5.85. The predicted molar refractivity (Wildman–Crippen MR) is 91.1 cm³/mol. The molecule has 0 aliphatic heterocycles. The van der Waals surface area contributed by atoms with Gasteiger partial charge in [0.1, 0.15) is 5.01 Å². The molecule has 3 rings (SSSR count). The van der Waals surface area contributed by atoms with Gasteiger partial charge < -0.3 is 4.42 Å². The number of carbonyl (C=O) groups is 1. The second kappa shape index (κ2) is 7.90. The lowest BCUT2D eigenvalue weighted by molar-refractivity contribution is -0.116. The van der Waals surface area contributed by atoms with Crippen molar-refractivity contribution >= 4 is 28.9 Å². The Morgan fingerprint density at radius 3 is 2.92 bits per heavy atom. The fourth-order valence-electron chi connectivity index (χ4n) is 2.78. The summed E-state index contributed by atoms with van der Waals surface area (Å²) in [6, 6.07) is 2.04. The van der Waals surface area contributed by atoms with Crippen molar-refractivity contribution in [3.8, 4) is 6.07 Å². The second-order valence-corrected chi connectivity index (χ2v) is 7.70. The lowest BCUT2D eigenvalue weighted by atomic mass is 9.89. The maximum Gasteiger partial charge on any atom is 0.277 e. The SMILES string of the molecule is Cc1csc([C@H](C#N)C(=O)CSc2nnc(C3CCCCC3)o2)n1. The molecule has 126 valence electrons. The van der Waals surface area contributed by atoms with Crippen LogP contribution in [0.4, 0.5) is 0 Å². The first-order chi connectivity index (χ1) is 11.7. The first kappa shape index (κ1) is 17.1. The Labute approximate surface area is 148 Å². The number of nitrogens with zero attached hydrogens (tertiary/aromatic N) is 4. The molecule has 2 aromatic rings. The summed E-state index contributed by atoms with van der Waals surface area (Å²) in [5.74, 6) is 0.146. The van der Waals surface area contributed by atoms with E-state index in [1.165, 1.54) is 42.4 Å². The Kier molecular flexibility index (Phi) is 5.63. The number of carbonyl (C=O) groups excluding carboxylic acids is 1. The third kappa shape index (κ3) is 4.02. The zero-order valence-electron chi connectivity index (χ0n) is 13.4. The van der Waals surface area contributed by atoms with E-state index in [1.807, 2.05) is 18.4 Å². The highest BCUT2D eigenvalue weighted by atomic mass is 32.2. The fraction of sp³-hybridized carbons (Fsp3) is 0.562. The number of aromatic nitrogens is 3. The average molecular weight is 362 g/mol. The number of thiazole rings is 1. The highest BCUT2D eigenvalue weighted by Crippen LogP contribution is 2.33. The Morgan fingerprint density at radius 2 is 2.25 bits per heavy atom. The number of nitriles is 1. The number of thioether (sulfide) groups is 1. The van der Waals surface area contributed by atoms with E-state index in [0.29, 0.717) is 22.0 Å². The van der Waals surface area contributed by atoms with Gasteiger partial charge in [0.2, 0.25) is 5.89 Å². The van der Waals surface area contributed by atoms with Crippen LogP contribution < -0.4 is 0 Å². The maximum absolute atomic E-state index is 12.3. The van der Waals surface area contributed by atoms with Crippen molar-refractivity contribution in [1.29, 1.82) is 5.26 Å². The van der Waals surface area contributed by atoms with Crippen LogP contribution in [0.25, 0.3) is 0 Å². The number of ketones is 1. The minimum atomic E-state index is -0.822. The van der Waals surface area contributed by atoms with Crippen LogP contribution in [0.15, 0.2) is 15.0 Å². The highest BCUT2D eigenvalue weighted by molar-refractivity contribution is 7.99. The number of hydrogen-bond donors (Lipinski definition) is 0. The molecule has 0 N–H and O–H groups in total. The van der Waals surface area contributed by atoms with E-state index in [4.69, 9.17) is 4.42 Å². The molecule has 24 heavy (non-hydrogen) atoms. The molecule has 2 aromatic heterocycles. The molecule has 6 nitrogen and oxygen atoms in total. The van der Waals surface area contributed by atoms with Gasteiger partial charge in [0.05, 0.1) is 11.8 Å². The standard InChI is InChI=1S/C16H18N4O2S2/c1-10-8-23-15(18-10)12(7-17)13(21)9-24-16-20-19-14(22-16)11-5-3-2-4-6-11/h8,11-12H,2-6,9H2,1H3/t12-/m1/s1. The molecule has 2 heterocycles. The smallest absolute Gasteiger partial charge is 0.277 e. The molecule has 1 atom stereocenters. The third-order valence-corrected chi connectivity index (χ3v) is 5.92. The lowest BCUT2D eigenvalue weighted by Gasteiger charge is -2.17. The van der Waals surface area contributed by atoms with Crippen molar-refractivity contribution < 1.29 is 9.21 Å². The van der Waals surface area contributed by atoms with E-state index in [0.717, 1.165) is 18.5 Å². The van der Waals surface area contributed by atoms with Crippen molar-refractivity contribution in [3.63, 3.8) is 0 Å². The average Bonchev–Trinajstić information content (AvgIpc) is 3.24. The van der Waals surface area contributed by atoms with E-state index < -0.39 is 5.92 Å². The molecule has 1 saturated carbocycles. The summed E-state index contributed by atoms with van der Waals surface area (Å²) < 4.78 is 5.69. The molecule has 0 unspecified atom stereocenters. The van der Waals surface area contributed by atoms with Gasteiger partial charge in [-0.2, -0.15) is 5.26 Å². The quantitative estimate of drug-likeness (QED) is 0.720. The van der Waals surface area contributed by atoms with Crippen molar-refractivity contribution in [2.45, 2.75) is 56.1 Å². The summed E-state index contributed by atoms with van der Waals surface area (Å²) in [4.78, 5) is 16.5. The first-order valence-electron chi connectivity index (χ1n) is 7.98. The molecule has 1 aliphatic carbocycles. The minimum Gasteiger partial charge on any atom is -0.416 e. The summed E-state index contributed by atoms with van der Waals surface area (Å²) in [6.45, 7) is 1.85. The summed E-state index contributed by atoms with van der Waals surface area (Å²) in [5.41, 5.74) is 0.824. The molecule has 0 aromatic carbocycles. The Morgan fingerprint density at radius 1 is 1.46 bits per heavy atom. The van der Waals surface area contributed by atoms with E-state index in [1.54, 1.807) is 0 Å². The van der Waals surface area contributed by atoms with Crippen LogP contribution in [0.2, 0.25) is 0 Å². The number of Topliss-reactive ketones (excluding diaryl/α,β-unsaturated/α-hetero) is 1. The topological polar surface area (TPSA) is 92.7 Å². The van der Waals surface area contributed by atoms with E-state index in [-0.39, 0.29) is 11.5 Å². The molecule has 0 saturated heterocycles. The van der Waals surface area contributed by atoms with Gasteiger partial charge in [-0.15, -0.1) is 21.5 Å². The van der Waals surface area contributed by atoms with Crippen LogP contribution in [0.5, 0.6) is 0 Å². The molecule has 0 amide bonds. The number of aryl methyl sites for hydroxylation is 1. The molecule has 8 heteroatoms. The van der Waals surface area contributed by atoms with Gasteiger partial charge in [-0.25, -0.2) is 4.98 Å². The number of hydrogen-bond acceptors (Lipinski definition) is 8. The van der Waals surface area contributed by atoms with Crippen LogP contribution in [0.1, 0.15) is 60.5 Å². The molecule has 0 radical (unpaired) electrons. The molecule has 0 spiro atoms. The van der Waals surface area contributed by atoms with Crippen LogP contribution in [-0.2, 0) is 4.79 Å². The van der Waals surface area contributed by atoms with Crippen LogP contribution in [0, 0.1) is 18.3 Å². The Bertz CT molecular complexity index is 743. The van der Waals surface area contributed by atoms with Crippen molar-refractivity contribution in [2.75, 3.05) is 5.75 Å². The van der Waals surface area contributed by atoms with Crippen LogP contribution in [-0.4, -0.2) is 26.7 Å². The number of rotatable bonds is 6. The van der Waals surface area contributed by atoms with Crippen LogP contribution >= 0.6 is 23.1 Å². The van der Waals surface area contributed by atoms with Crippen molar-refractivity contribution in [2.24, 2.45) is 0 Å². The lowest BCUT2D eigenvalue weighted by Crippen LogP contribution is -2.13. The zero-order chi connectivity index (χ0) is 16.9.